The zero-order valence-electron chi connectivity index (χ0n) is 9.93. The minimum absolute atomic E-state index is 0.246. The summed E-state index contributed by atoms with van der Waals surface area (Å²) >= 11 is 3.83. The predicted molar refractivity (Wildman–Crippen MR) is 79.0 cm³/mol. The number of hydrogen-bond donors (Lipinski definition) is 1. The van der Waals surface area contributed by atoms with Crippen molar-refractivity contribution in [3.05, 3.63) is 54.8 Å². The molecule has 1 aromatic carbocycles. The number of nitrogens with one attached hydrogen (secondary N) is 1. The van der Waals surface area contributed by atoms with E-state index in [0.29, 0.717) is 11.1 Å². The summed E-state index contributed by atoms with van der Waals surface area (Å²) in [6.07, 6.45) is 0. The van der Waals surface area contributed by atoms with E-state index in [-0.39, 0.29) is 6.04 Å². The van der Waals surface area contributed by atoms with Crippen molar-refractivity contribution < 1.29 is 8.78 Å². The fourth-order valence-corrected chi connectivity index (χ4v) is 3.28. The second-order valence-corrected chi connectivity index (χ2v) is 6.83. The fraction of sp³-hybridized carbons (Fsp3) is 0.231. The van der Waals surface area contributed by atoms with Crippen LogP contribution in [-0.2, 0) is 0 Å². The molecule has 1 aromatic heterocycles. The van der Waals surface area contributed by atoms with Crippen molar-refractivity contribution >= 4 is 33.9 Å². The van der Waals surface area contributed by atoms with Gasteiger partial charge >= 0.3 is 0 Å². The van der Waals surface area contributed by atoms with E-state index in [1.807, 2.05) is 11.4 Å². The third-order valence-corrected chi connectivity index (χ3v) is 4.61. The average Bonchev–Trinajstić information content (AvgIpc) is 2.73. The first-order chi connectivity index (χ1) is 8.52. The van der Waals surface area contributed by atoms with E-state index in [0.717, 1.165) is 14.5 Å². The summed E-state index contributed by atoms with van der Waals surface area (Å²) in [6, 6.07) is 4.27. The van der Waals surface area contributed by atoms with Gasteiger partial charge in [0.05, 0.1) is 8.93 Å². The molecule has 0 amide bonds. The maximum Gasteiger partial charge on any atom is 0.131 e. The molecule has 2 aromatic rings. The molecule has 96 valence electrons. The summed E-state index contributed by atoms with van der Waals surface area (Å²) in [5, 5.41) is 5.06. The summed E-state index contributed by atoms with van der Waals surface area (Å²) in [5.41, 5.74) is 1.93. The van der Waals surface area contributed by atoms with Crippen LogP contribution in [0.2, 0.25) is 0 Å². The van der Waals surface area contributed by atoms with Gasteiger partial charge in [-0.2, -0.15) is 0 Å². The van der Waals surface area contributed by atoms with Crippen LogP contribution in [0.25, 0.3) is 0 Å². The molecular formula is C13H12F2INS. The first-order valence-corrected chi connectivity index (χ1v) is 7.35. The molecule has 2 rings (SSSR count). The van der Waals surface area contributed by atoms with Gasteiger partial charge in [0.15, 0.2) is 0 Å². The van der Waals surface area contributed by atoms with Crippen molar-refractivity contribution in [2.75, 3.05) is 7.05 Å². The molecule has 0 radical (unpaired) electrons. The Morgan fingerprint density at radius 2 is 1.94 bits per heavy atom. The molecule has 0 spiro atoms. The van der Waals surface area contributed by atoms with Crippen LogP contribution < -0.4 is 5.32 Å². The van der Waals surface area contributed by atoms with E-state index in [1.165, 1.54) is 0 Å². The highest BCUT2D eigenvalue weighted by atomic mass is 127. The number of hydrogen-bond acceptors (Lipinski definition) is 2. The summed E-state index contributed by atoms with van der Waals surface area (Å²) in [7, 11) is 1.77. The predicted octanol–water partition coefficient (Wildman–Crippen LogP) is 4.25. The molecular weight excluding hydrogens is 367 g/mol. The lowest BCUT2D eigenvalue weighted by Gasteiger charge is -2.17. The Morgan fingerprint density at radius 1 is 1.22 bits per heavy atom. The molecule has 1 unspecified atom stereocenters. The van der Waals surface area contributed by atoms with E-state index in [2.05, 4.69) is 27.9 Å². The molecule has 0 saturated heterocycles. The van der Waals surface area contributed by atoms with Gasteiger partial charge in [-0.15, -0.1) is 11.3 Å². The largest absolute Gasteiger partial charge is 0.309 e. The van der Waals surface area contributed by atoms with Crippen LogP contribution in [0.3, 0.4) is 0 Å². The number of thiophene rings is 1. The summed E-state index contributed by atoms with van der Waals surface area (Å²) in [5.74, 6) is -1.02. The monoisotopic (exact) mass is 379 g/mol. The second-order valence-electron chi connectivity index (χ2n) is 4.03. The average molecular weight is 379 g/mol. The summed E-state index contributed by atoms with van der Waals surface area (Å²) in [6.45, 7) is 1.64. The van der Waals surface area contributed by atoms with Crippen molar-refractivity contribution in [3.8, 4) is 0 Å². The van der Waals surface area contributed by atoms with Gasteiger partial charge in [-0.25, -0.2) is 8.78 Å². The van der Waals surface area contributed by atoms with Gasteiger partial charge in [-0.3, -0.25) is 0 Å². The number of benzene rings is 1. The van der Waals surface area contributed by atoms with Gasteiger partial charge in [0.25, 0.3) is 0 Å². The molecule has 5 heteroatoms. The zero-order chi connectivity index (χ0) is 13.3. The quantitative estimate of drug-likeness (QED) is 0.787. The Balaban J connectivity index is 2.48. The first kappa shape index (κ1) is 13.9. The van der Waals surface area contributed by atoms with Gasteiger partial charge in [0, 0.05) is 11.6 Å². The smallest absolute Gasteiger partial charge is 0.131 e. The van der Waals surface area contributed by atoms with Crippen LogP contribution in [0.1, 0.15) is 22.7 Å². The van der Waals surface area contributed by atoms with E-state index < -0.39 is 11.6 Å². The maximum absolute atomic E-state index is 13.9. The van der Waals surface area contributed by atoms with Gasteiger partial charge in [0.2, 0.25) is 0 Å². The Labute approximate surface area is 122 Å². The third-order valence-electron chi connectivity index (χ3n) is 2.80. The first-order valence-electron chi connectivity index (χ1n) is 5.39. The highest BCUT2D eigenvalue weighted by Crippen LogP contribution is 2.29. The maximum atomic E-state index is 13.9. The lowest BCUT2D eigenvalue weighted by molar-refractivity contribution is 0.548. The van der Waals surface area contributed by atoms with Crippen molar-refractivity contribution in [1.82, 2.24) is 5.32 Å². The molecule has 0 aliphatic carbocycles. The highest BCUT2D eigenvalue weighted by molar-refractivity contribution is 14.1. The molecule has 0 aliphatic heterocycles. The number of aryl methyl sites for hydroxylation is 1. The minimum Gasteiger partial charge on any atom is -0.309 e. The fourth-order valence-electron chi connectivity index (χ4n) is 1.88. The molecule has 0 saturated carbocycles. The highest BCUT2D eigenvalue weighted by Gasteiger charge is 2.19. The number of rotatable bonds is 3. The summed E-state index contributed by atoms with van der Waals surface area (Å²) in [4.78, 5) is 0. The van der Waals surface area contributed by atoms with Crippen molar-refractivity contribution in [1.29, 1.82) is 0 Å². The van der Waals surface area contributed by atoms with Gasteiger partial charge in [0.1, 0.15) is 11.6 Å². The Kier molecular flexibility index (Phi) is 4.34. The van der Waals surface area contributed by atoms with Crippen molar-refractivity contribution in [2.24, 2.45) is 0 Å². The lowest BCUT2D eigenvalue weighted by atomic mass is 9.99. The molecule has 1 N–H and O–H groups in total. The zero-order valence-corrected chi connectivity index (χ0v) is 12.9. The Morgan fingerprint density at radius 3 is 2.50 bits per heavy atom. The molecule has 1 nitrogen and oxygen atoms in total. The lowest BCUT2D eigenvalue weighted by Crippen LogP contribution is -2.18. The summed E-state index contributed by atoms with van der Waals surface area (Å²) < 4.78 is 28.3. The van der Waals surface area contributed by atoms with Crippen LogP contribution in [0.5, 0.6) is 0 Å². The normalized spacial score (nSPS) is 12.7. The van der Waals surface area contributed by atoms with Gasteiger partial charge < -0.3 is 5.32 Å². The van der Waals surface area contributed by atoms with Gasteiger partial charge in [-0.05, 0) is 65.2 Å². The van der Waals surface area contributed by atoms with Crippen molar-refractivity contribution in [2.45, 2.75) is 13.0 Å². The van der Waals surface area contributed by atoms with Crippen LogP contribution in [0.15, 0.2) is 23.6 Å². The molecule has 0 fully saturated rings. The number of halogens is 3. The molecule has 0 bridgehead atoms. The van der Waals surface area contributed by atoms with Crippen LogP contribution in [-0.4, -0.2) is 7.05 Å². The molecule has 1 atom stereocenters. The molecule has 1 heterocycles. The standard InChI is InChI=1S/C13H12F2INS/c1-7-3-9(11(15)5-10(7)14)13(17-2)8-4-12(16)18-6-8/h3-6,13,17H,1-2H3. The van der Waals surface area contributed by atoms with Crippen molar-refractivity contribution in [3.63, 3.8) is 0 Å². The Hall–Kier alpha value is -0.530. The third kappa shape index (κ3) is 2.73. The Bertz CT molecular complexity index is 568. The van der Waals surface area contributed by atoms with Crippen LogP contribution in [0.4, 0.5) is 8.78 Å². The van der Waals surface area contributed by atoms with E-state index in [9.17, 15) is 8.78 Å². The second kappa shape index (κ2) is 5.63. The SMILES string of the molecule is CNC(c1csc(I)c1)c1cc(C)c(F)cc1F. The molecule has 18 heavy (non-hydrogen) atoms. The van der Waals surface area contributed by atoms with E-state index in [1.54, 1.807) is 31.4 Å². The minimum atomic E-state index is -0.515. The molecule has 0 aliphatic rings. The topological polar surface area (TPSA) is 12.0 Å². The van der Waals surface area contributed by atoms with E-state index >= 15 is 0 Å². The van der Waals surface area contributed by atoms with Crippen LogP contribution >= 0.6 is 33.9 Å². The van der Waals surface area contributed by atoms with E-state index in [4.69, 9.17) is 0 Å². The van der Waals surface area contributed by atoms with Crippen LogP contribution in [0, 0.1) is 21.4 Å². The van der Waals surface area contributed by atoms with Gasteiger partial charge in [-0.1, -0.05) is 0 Å².